The molecule has 9 heteroatoms. The Labute approximate surface area is 329 Å². The number of nitriles is 3. The van der Waals surface area contributed by atoms with E-state index in [2.05, 4.69) is 81.3 Å². The summed E-state index contributed by atoms with van der Waals surface area (Å²) in [6.45, 7) is 31.0. The van der Waals surface area contributed by atoms with Crippen LogP contribution in [0.15, 0.2) is 46.6 Å². The van der Waals surface area contributed by atoms with Crippen LogP contribution >= 0.6 is 0 Å². The summed E-state index contributed by atoms with van der Waals surface area (Å²) in [5.74, 6) is 1.02. The molecule has 0 aromatic rings. The van der Waals surface area contributed by atoms with Gasteiger partial charge in [-0.25, -0.2) is 0 Å². The van der Waals surface area contributed by atoms with Crippen LogP contribution in [0.1, 0.15) is 144 Å². The average molecular weight is 724 g/mol. The minimum Gasteiger partial charge on any atom is -0.396 e. The van der Waals surface area contributed by atoms with Crippen molar-refractivity contribution in [3.63, 3.8) is 0 Å². The third kappa shape index (κ3) is 41.8. The standard InChI is InChI=1S/C12H16N2.C7H9N.C6H11NO.C4H7N.2C4H10.C3H8O.3CH4.2B/c1-12(2,8-13)9-14-6-10-4-3-5-11(10)7-14;1-2-6-4-8-5-7(6)3-1;1-6(2,5-7)3-4-8;1-4(2)3-5;1-4(2)3;1-3-4-2;1-3(2)4;;;;;/h3-4H,5-7,9H2,1-2H3;1-2,8H,3-5H2;8H,3-4H2,1-2H3;4H,1-2H3;4H,1-3H3;3-4H2,1-2H3;3-4H,1-2H3;3*1H4;;. The molecule has 0 unspecified atom stereocenters. The molecule has 0 saturated carbocycles. The first-order valence-corrected chi connectivity index (χ1v) is 17.5. The van der Waals surface area contributed by atoms with Crippen LogP contribution in [-0.2, 0) is 0 Å². The summed E-state index contributed by atoms with van der Waals surface area (Å²) < 4.78 is 0. The highest BCUT2D eigenvalue weighted by Gasteiger charge is 2.27. The van der Waals surface area contributed by atoms with E-state index in [0.717, 1.165) is 45.1 Å². The van der Waals surface area contributed by atoms with Gasteiger partial charge in [-0.05, 0) is 103 Å². The zero-order valence-electron chi connectivity index (χ0n) is 33.7. The molecule has 52 heavy (non-hydrogen) atoms. The molecule has 2 aliphatic heterocycles. The predicted octanol–water partition coefficient (Wildman–Crippen LogP) is 10.0. The Hall–Kier alpha value is -2.60. The Balaban J connectivity index is -0.0000000756. The number of hydrogen-bond acceptors (Lipinski definition) is 7. The van der Waals surface area contributed by atoms with Crippen LogP contribution < -0.4 is 5.32 Å². The second-order valence-electron chi connectivity index (χ2n) is 14.8. The molecule has 4 aliphatic rings. The van der Waals surface area contributed by atoms with E-state index < -0.39 is 0 Å². The number of unbranched alkanes of at least 4 members (excludes halogenated alkanes) is 1. The molecule has 0 bridgehead atoms. The van der Waals surface area contributed by atoms with Crippen LogP contribution in [0.25, 0.3) is 0 Å². The molecule has 0 aromatic heterocycles. The van der Waals surface area contributed by atoms with E-state index in [0.29, 0.717) is 6.42 Å². The van der Waals surface area contributed by atoms with Crippen LogP contribution in [0.3, 0.4) is 0 Å². The molecule has 0 aromatic carbocycles. The molecule has 2 aliphatic carbocycles. The van der Waals surface area contributed by atoms with Crippen LogP contribution in [0.2, 0.25) is 0 Å². The van der Waals surface area contributed by atoms with Crippen molar-refractivity contribution < 1.29 is 10.2 Å². The average Bonchev–Trinajstić information content (AvgIpc) is 3.77. The predicted molar refractivity (Wildman–Crippen MR) is 232 cm³/mol. The highest BCUT2D eigenvalue weighted by molar-refractivity contribution is 5.76. The quantitative estimate of drug-likeness (QED) is 0.241. The summed E-state index contributed by atoms with van der Waals surface area (Å²) in [5.41, 5.74) is 5.60. The van der Waals surface area contributed by atoms with Crippen molar-refractivity contribution in [2.45, 2.75) is 150 Å². The number of allylic oxidation sites excluding steroid dienone is 2. The van der Waals surface area contributed by atoms with Gasteiger partial charge in [0.15, 0.2) is 0 Å². The van der Waals surface area contributed by atoms with Gasteiger partial charge in [-0.3, -0.25) is 4.90 Å². The van der Waals surface area contributed by atoms with Crippen molar-refractivity contribution in [1.82, 2.24) is 10.2 Å². The summed E-state index contributed by atoms with van der Waals surface area (Å²) in [5, 5.41) is 44.9. The van der Waals surface area contributed by atoms with Gasteiger partial charge in [-0.15, -0.1) is 0 Å². The minimum atomic E-state index is -0.352. The third-order valence-corrected chi connectivity index (χ3v) is 6.46. The van der Waals surface area contributed by atoms with Crippen LogP contribution in [-0.4, -0.2) is 77.4 Å². The fourth-order valence-corrected chi connectivity index (χ4v) is 3.84. The lowest BCUT2D eigenvalue weighted by Crippen LogP contribution is -2.32. The Kier molecular flexibility index (Phi) is 51.4. The normalized spacial score (nSPS) is 14.0. The number of aliphatic hydroxyl groups excluding tert-OH is 2. The molecule has 0 spiro atoms. The van der Waals surface area contributed by atoms with Gasteiger partial charge in [0.25, 0.3) is 0 Å². The van der Waals surface area contributed by atoms with Gasteiger partial charge < -0.3 is 15.5 Å². The van der Waals surface area contributed by atoms with Crippen molar-refractivity contribution in [2.75, 3.05) is 39.3 Å². The fraction of sp³-hybridized carbons (Fsp3) is 0.744. The zero-order chi connectivity index (χ0) is 37.1. The van der Waals surface area contributed by atoms with Gasteiger partial charge in [0.1, 0.15) is 0 Å². The largest absolute Gasteiger partial charge is 0.396 e. The van der Waals surface area contributed by atoms with Crippen LogP contribution in [0, 0.1) is 56.7 Å². The van der Waals surface area contributed by atoms with Crippen molar-refractivity contribution >= 4 is 16.8 Å². The van der Waals surface area contributed by atoms with E-state index in [1.54, 1.807) is 25.0 Å². The van der Waals surface area contributed by atoms with E-state index in [1.807, 2.05) is 47.6 Å². The topological polar surface area (TPSA) is 127 Å². The fourth-order valence-electron chi connectivity index (χ4n) is 3.84. The maximum atomic E-state index is 8.95. The van der Waals surface area contributed by atoms with Crippen molar-refractivity contribution in [3.05, 3.63) is 46.6 Å². The molecule has 298 valence electrons. The molecule has 0 amide bonds. The number of aliphatic hydroxyl groups is 2. The molecule has 3 N–H and O–H groups in total. The third-order valence-electron chi connectivity index (χ3n) is 6.46. The van der Waals surface area contributed by atoms with E-state index in [4.69, 9.17) is 26.0 Å². The Bertz CT molecular complexity index is 1070. The molecule has 4 rings (SSSR count). The van der Waals surface area contributed by atoms with Crippen LogP contribution in [0.5, 0.6) is 0 Å². The zero-order valence-corrected chi connectivity index (χ0v) is 33.7. The molecular weight excluding hydrogens is 640 g/mol. The summed E-state index contributed by atoms with van der Waals surface area (Å²) in [7, 11) is 0. The highest BCUT2D eigenvalue weighted by atomic mass is 16.3. The van der Waals surface area contributed by atoms with E-state index in [1.165, 1.54) is 30.4 Å². The van der Waals surface area contributed by atoms with Crippen molar-refractivity contribution in [3.8, 4) is 18.2 Å². The van der Waals surface area contributed by atoms with E-state index in [9.17, 15) is 0 Å². The Morgan fingerprint density at radius 2 is 1.15 bits per heavy atom. The van der Waals surface area contributed by atoms with Gasteiger partial charge in [-0.1, -0.05) is 94.0 Å². The van der Waals surface area contributed by atoms with Gasteiger partial charge in [0, 0.05) is 68.2 Å². The number of nitrogens with one attached hydrogen (secondary N) is 1. The first-order chi connectivity index (χ1) is 21.8. The summed E-state index contributed by atoms with van der Waals surface area (Å²) in [6.07, 6.45) is 14.3. The first kappa shape index (κ1) is 67.5. The monoisotopic (exact) mass is 724 g/mol. The lowest BCUT2D eigenvalue weighted by Gasteiger charge is -2.24. The van der Waals surface area contributed by atoms with Crippen molar-refractivity contribution in [1.29, 1.82) is 15.8 Å². The van der Waals surface area contributed by atoms with Gasteiger partial charge in [0.2, 0.25) is 0 Å². The SMILES string of the molecule is C.C.C.C1=CC2=C(C1)CNC2.CC(C)(C#N)CCO.CC(C)(C#N)CN1CC2=C(CC=C2)C1.CC(C)C.CC(C)C#N.CC(C)O.CCCC.[B].[B]. The molecule has 2 heterocycles. The molecule has 7 nitrogen and oxygen atoms in total. The Morgan fingerprint density at radius 1 is 0.750 bits per heavy atom. The first-order valence-electron chi connectivity index (χ1n) is 17.5. The maximum Gasteiger partial charge on any atom is 0.0697 e. The van der Waals surface area contributed by atoms with Gasteiger partial charge >= 0.3 is 0 Å². The molecule has 6 radical (unpaired) electrons. The second-order valence-corrected chi connectivity index (χ2v) is 14.8. The summed E-state index contributed by atoms with van der Waals surface area (Å²) >= 11 is 0. The smallest absolute Gasteiger partial charge is 0.0697 e. The molecule has 0 atom stereocenters. The number of nitrogens with zero attached hydrogens (tertiary/aromatic N) is 4. The van der Waals surface area contributed by atoms with Gasteiger partial charge in [-0.2, -0.15) is 15.8 Å². The summed E-state index contributed by atoms with van der Waals surface area (Å²) in [6, 6.07) is 6.47. The highest BCUT2D eigenvalue weighted by Crippen LogP contribution is 2.29. The van der Waals surface area contributed by atoms with Gasteiger partial charge in [0.05, 0.1) is 29.0 Å². The maximum absolute atomic E-state index is 8.95. The van der Waals surface area contributed by atoms with Crippen molar-refractivity contribution in [2.24, 2.45) is 22.7 Å². The van der Waals surface area contributed by atoms with E-state index in [-0.39, 0.29) is 68.6 Å². The Morgan fingerprint density at radius 3 is 1.46 bits per heavy atom. The number of hydrogen-bond donors (Lipinski definition) is 3. The second kappa shape index (κ2) is 39.6. The lowest BCUT2D eigenvalue weighted by atomic mass is 9.92. The molecular formula is C43H83B2N5O2. The number of rotatable bonds is 5. The lowest BCUT2D eigenvalue weighted by molar-refractivity contribution is 0.216. The molecule has 0 saturated heterocycles. The van der Waals surface area contributed by atoms with E-state index >= 15 is 0 Å². The van der Waals surface area contributed by atoms with Crippen LogP contribution in [0.4, 0.5) is 0 Å². The minimum absolute atomic E-state index is 0. The summed E-state index contributed by atoms with van der Waals surface area (Å²) in [4.78, 5) is 2.37. The molecule has 0 fully saturated rings.